The molecule has 0 aliphatic carbocycles. The molecule has 0 unspecified atom stereocenters. The summed E-state index contributed by atoms with van der Waals surface area (Å²) in [6, 6.07) is 17.9. The van der Waals surface area contributed by atoms with Crippen LogP contribution in [-0.2, 0) is 4.79 Å². The number of nitrogens with one attached hydrogen (secondary N) is 2. The maximum absolute atomic E-state index is 12.0. The smallest absolute Gasteiger partial charge is 0.224 e. The van der Waals surface area contributed by atoms with Crippen molar-refractivity contribution in [3.05, 3.63) is 54.6 Å². The van der Waals surface area contributed by atoms with E-state index in [-0.39, 0.29) is 5.91 Å². The molecule has 3 nitrogen and oxygen atoms in total. The zero-order valence-corrected chi connectivity index (χ0v) is 16.0. The van der Waals surface area contributed by atoms with E-state index in [0.29, 0.717) is 6.42 Å². The van der Waals surface area contributed by atoms with Gasteiger partial charge in [0, 0.05) is 23.5 Å². The van der Waals surface area contributed by atoms with Gasteiger partial charge in [-0.15, -0.1) is 0 Å². The van der Waals surface area contributed by atoms with E-state index < -0.39 is 0 Å². The van der Waals surface area contributed by atoms with Gasteiger partial charge in [-0.1, -0.05) is 70.1 Å². The lowest BCUT2D eigenvalue weighted by Crippen LogP contribution is -2.10. The minimum atomic E-state index is 0.111. The quantitative estimate of drug-likeness (QED) is 0.408. The van der Waals surface area contributed by atoms with Gasteiger partial charge in [0.05, 0.1) is 0 Å². The van der Waals surface area contributed by atoms with Crippen molar-refractivity contribution in [2.75, 3.05) is 10.6 Å². The third-order valence-corrected chi connectivity index (χ3v) is 4.49. The zero-order chi connectivity index (χ0) is 18.5. The molecule has 2 N–H and O–H groups in total. The van der Waals surface area contributed by atoms with E-state index in [1.165, 1.54) is 38.5 Å². The highest BCUT2D eigenvalue weighted by Gasteiger charge is 2.03. The number of para-hydroxylation sites is 1. The molecule has 0 spiro atoms. The fourth-order valence-corrected chi connectivity index (χ4v) is 2.97. The van der Waals surface area contributed by atoms with Gasteiger partial charge >= 0.3 is 0 Å². The summed E-state index contributed by atoms with van der Waals surface area (Å²) in [6.07, 6.45) is 10.6. The van der Waals surface area contributed by atoms with E-state index in [1.807, 2.05) is 54.6 Å². The van der Waals surface area contributed by atoms with Crippen molar-refractivity contribution in [2.24, 2.45) is 0 Å². The van der Waals surface area contributed by atoms with Gasteiger partial charge in [-0.25, -0.2) is 0 Å². The number of hydrogen-bond acceptors (Lipinski definition) is 2. The van der Waals surface area contributed by atoms with Crippen LogP contribution in [0.1, 0.15) is 64.7 Å². The first-order valence-electron chi connectivity index (χ1n) is 10.00. The highest BCUT2D eigenvalue weighted by molar-refractivity contribution is 5.90. The lowest BCUT2D eigenvalue weighted by molar-refractivity contribution is -0.116. The van der Waals surface area contributed by atoms with Crippen LogP contribution in [0.2, 0.25) is 0 Å². The molecular weight excluding hydrogens is 320 g/mol. The first-order chi connectivity index (χ1) is 12.8. The van der Waals surface area contributed by atoms with E-state index in [2.05, 4.69) is 17.6 Å². The topological polar surface area (TPSA) is 41.1 Å². The van der Waals surface area contributed by atoms with Gasteiger partial charge in [0.1, 0.15) is 0 Å². The molecule has 3 heteroatoms. The molecule has 0 heterocycles. The van der Waals surface area contributed by atoms with Gasteiger partial charge in [0.2, 0.25) is 5.91 Å². The summed E-state index contributed by atoms with van der Waals surface area (Å²) in [5.74, 6) is 0.111. The van der Waals surface area contributed by atoms with E-state index in [4.69, 9.17) is 0 Å². The Labute approximate surface area is 158 Å². The van der Waals surface area contributed by atoms with Gasteiger partial charge in [-0.05, 0) is 42.8 Å². The number of anilines is 3. The molecule has 2 aromatic rings. The van der Waals surface area contributed by atoms with Crippen LogP contribution in [-0.4, -0.2) is 5.91 Å². The third kappa shape index (κ3) is 8.19. The number of benzene rings is 2. The van der Waals surface area contributed by atoms with Crippen LogP contribution in [0.25, 0.3) is 0 Å². The molecule has 0 aromatic heterocycles. The Morgan fingerprint density at radius 3 is 1.88 bits per heavy atom. The largest absolute Gasteiger partial charge is 0.356 e. The molecule has 0 atom stereocenters. The van der Waals surface area contributed by atoms with Crippen LogP contribution in [0.15, 0.2) is 54.6 Å². The lowest BCUT2D eigenvalue weighted by Gasteiger charge is -2.09. The number of amides is 1. The summed E-state index contributed by atoms with van der Waals surface area (Å²) in [5.41, 5.74) is 2.92. The summed E-state index contributed by atoms with van der Waals surface area (Å²) < 4.78 is 0. The van der Waals surface area contributed by atoms with Gasteiger partial charge in [-0.3, -0.25) is 4.79 Å². The van der Waals surface area contributed by atoms with Gasteiger partial charge in [-0.2, -0.15) is 0 Å². The van der Waals surface area contributed by atoms with E-state index in [1.54, 1.807) is 0 Å². The lowest BCUT2D eigenvalue weighted by atomic mass is 10.1. The molecule has 0 bridgehead atoms. The highest BCUT2D eigenvalue weighted by atomic mass is 16.1. The highest BCUT2D eigenvalue weighted by Crippen LogP contribution is 2.19. The summed E-state index contributed by atoms with van der Waals surface area (Å²) in [5, 5.41) is 6.32. The van der Waals surface area contributed by atoms with Crippen LogP contribution in [0.3, 0.4) is 0 Å². The Morgan fingerprint density at radius 2 is 1.23 bits per heavy atom. The molecule has 0 aliphatic rings. The van der Waals surface area contributed by atoms with Crippen LogP contribution in [0, 0.1) is 0 Å². The predicted octanol–water partition coefficient (Wildman–Crippen LogP) is 6.90. The Hall–Kier alpha value is -2.29. The van der Waals surface area contributed by atoms with Crippen molar-refractivity contribution in [2.45, 2.75) is 64.7 Å². The zero-order valence-electron chi connectivity index (χ0n) is 16.0. The predicted molar refractivity (Wildman–Crippen MR) is 112 cm³/mol. The average Bonchev–Trinajstić information content (AvgIpc) is 2.66. The summed E-state index contributed by atoms with van der Waals surface area (Å²) in [6.45, 7) is 2.24. The fraction of sp³-hybridized carbons (Fsp3) is 0.435. The van der Waals surface area contributed by atoms with Crippen LogP contribution >= 0.6 is 0 Å². The van der Waals surface area contributed by atoms with Crippen molar-refractivity contribution >= 4 is 23.0 Å². The second kappa shape index (κ2) is 12.1. The number of rotatable bonds is 12. The van der Waals surface area contributed by atoms with Gasteiger partial charge < -0.3 is 10.6 Å². The number of hydrogen-bond donors (Lipinski definition) is 2. The molecular formula is C23H32N2O. The molecule has 0 aliphatic heterocycles. The minimum absolute atomic E-state index is 0.111. The third-order valence-electron chi connectivity index (χ3n) is 4.49. The summed E-state index contributed by atoms with van der Waals surface area (Å²) >= 11 is 0. The maximum atomic E-state index is 12.0. The molecule has 26 heavy (non-hydrogen) atoms. The maximum Gasteiger partial charge on any atom is 0.224 e. The average molecular weight is 353 g/mol. The Kier molecular flexibility index (Phi) is 9.34. The normalized spacial score (nSPS) is 10.5. The molecule has 0 fully saturated rings. The van der Waals surface area contributed by atoms with Crippen LogP contribution < -0.4 is 10.6 Å². The fourth-order valence-electron chi connectivity index (χ4n) is 2.97. The molecule has 0 saturated heterocycles. The number of unbranched alkanes of at least 4 members (excludes halogenated alkanes) is 7. The van der Waals surface area contributed by atoms with Crippen LogP contribution in [0.5, 0.6) is 0 Å². The standard InChI is InChI=1S/C23H32N2O/c1-2-3-4-5-6-7-8-12-15-23(26)25-22-18-16-21(17-19-22)24-20-13-10-9-11-14-20/h9-11,13-14,16-19,24H,2-8,12,15H2,1H3,(H,25,26). The molecule has 0 radical (unpaired) electrons. The molecule has 2 aromatic carbocycles. The Balaban J connectivity index is 1.61. The first kappa shape index (κ1) is 20.0. The minimum Gasteiger partial charge on any atom is -0.356 e. The Bertz CT molecular complexity index is 622. The van der Waals surface area contributed by atoms with Crippen molar-refractivity contribution in [3.63, 3.8) is 0 Å². The first-order valence-corrected chi connectivity index (χ1v) is 10.00. The molecule has 140 valence electrons. The van der Waals surface area contributed by atoms with Crippen molar-refractivity contribution in [1.29, 1.82) is 0 Å². The van der Waals surface area contributed by atoms with Crippen molar-refractivity contribution in [1.82, 2.24) is 0 Å². The van der Waals surface area contributed by atoms with E-state index in [9.17, 15) is 4.79 Å². The monoisotopic (exact) mass is 352 g/mol. The Morgan fingerprint density at radius 1 is 0.692 bits per heavy atom. The number of carbonyl (C=O) groups is 1. The van der Waals surface area contributed by atoms with E-state index in [0.717, 1.165) is 29.9 Å². The van der Waals surface area contributed by atoms with Crippen LogP contribution in [0.4, 0.5) is 17.1 Å². The number of carbonyl (C=O) groups excluding carboxylic acids is 1. The summed E-state index contributed by atoms with van der Waals surface area (Å²) in [7, 11) is 0. The van der Waals surface area contributed by atoms with Crippen molar-refractivity contribution in [3.8, 4) is 0 Å². The molecule has 0 saturated carbocycles. The van der Waals surface area contributed by atoms with E-state index >= 15 is 0 Å². The SMILES string of the molecule is CCCCCCCCCCC(=O)Nc1ccc(Nc2ccccc2)cc1. The van der Waals surface area contributed by atoms with Gasteiger partial charge in [0.25, 0.3) is 0 Å². The second-order valence-electron chi connectivity index (χ2n) is 6.84. The molecule has 2 rings (SSSR count). The van der Waals surface area contributed by atoms with Gasteiger partial charge in [0.15, 0.2) is 0 Å². The second-order valence-corrected chi connectivity index (χ2v) is 6.84. The molecule has 1 amide bonds. The van der Waals surface area contributed by atoms with Crippen molar-refractivity contribution < 1.29 is 4.79 Å². The summed E-state index contributed by atoms with van der Waals surface area (Å²) in [4.78, 5) is 12.0.